The van der Waals surface area contributed by atoms with Gasteiger partial charge in [-0.25, -0.2) is 4.68 Å². The van der Waals surface area contributed by atoms with Crippen LogP contribution in [0.2, 0.25) is 0 Å². The van der Waals surface area contributed by atoms with Crippen LogP contribution in [0.1, 0.15) is 19.8 Å². The lowest BCUT2D eigenvalue weighted by Crippen LogP contribution is -2.38. The molecule has 1 aliphatic carbocycles. The van der Waals surface area contributed by atoms with Gasteiger partial charge in [0.1, 0.15) is 18.9 Å². The number of aromatic nitrogens is 2. The molecule has 0 aromatic carbocycles. The SMILES string of the molecule is CCN(C(=O)Cn1ncc(OCCN)cc1=O)C1CC1. The van der Waals surface area contributed by atoms with E-state index in [1.54, 1.807) is 4.90 Å². The molecule has 0 atom stereocenters. The summed E-state index contributed by atoms with van der Waals surface area (Å²) in [5.74, 6) is 0.305. The molecule has 1 aromatic heterocycles. The number of carbonyl (C=O) groups excluding carboxylic acids is 1. The quantitative estimate of drug-likeness (QED) is 0.733. The number of amides is 1. The van der Waals surface area contributed by atoms with Gasteiger partial charge in [0.25, 0.3) is 5.56 Å². The van der Waals surface area contributed by atoms with Crippen LogP contribution in [0.5, 0.6) is 5.75 Å². The maximum Gasteiger partial charge on any atom is 0.270 e. The molecule has 0 aliphatic heterocycles. The summed E-state index contributed by atoms with van der Waals surface area (Å²) in [7, 11) is 0. The van der Waals surface area contributed by atoms with Crippen molar-refractivity contribution in [1.29, 1.82) is 0 Å². The van der Waals surface area contributed by atoms with Crippen molar-refractivity contribution in [2.75, 3.05) is 19.7 Å². The van der Waals surface area contributed by atoms with Crippen molar-refractivity contribution in [3.63, 3.8) is 0 Å². The molecular formula is C13H20N4O3. The van der Waals surface area contributed by atoms with E-state index < -0.39 is 0 Å². The van der Waals surface area contributed by atoms with E-state index in [9.17, 15) is 9.59 Å². The van der Waals surface area contributed by atoms with Crippen molar-refractivity contribution in [3.8, 4) is 5.75 Å². The lowest BCUT2D eigenvalue weighted by molar-refractivity contribution is -0.132. The number of rotatable bonds is 7. The molecule has 7 heteroatoms. The fourth-order valence-corrected chi connectivity index (χ4v) is 2.03. The zero-order chi connectivity index (χ0) is 14.5. The van der Waals surface area contributed by atoms with Gasteiger partial charge in [-0.1, -0.05) is 0 Å². The molecule has 0 saturated heterocycles. The number of carbonyl (C=O) groups is 1. The Kier molecular flexibility index (Phi) is 4.73. The van der Waals surface area contributed by atoms with Crippen LogP contribution in [0.3, 0.4) is 0 Å². The highest BCUT2D eigenvalue weighted by molar-refractivity contribution is 5.76. The second-order valence-electron chi connectivity index (χ2n) is 4.74. The Balaban J connectivity index is 2.01. The second kappa shape index (κ2) is 6.51. The van der Waals surface area contributed by atoms with E-state index in [0.717, 1.165) is 17.5 Å². The standard InChI is InChI=1S/C13H20N4O3/c1-2-16(10-3-4-10)13(19)9-17-12(18)7-11(8-15-17)20-6-5-14/h7-8,10H,2-6,9,14H2,1H3. The summed E-state index contributed by atoms with van der Waals surface area (Å²) in [4.78, 5) is 25.8. The summed E-state index contributed by atoms with van der Waals surface area (Å²) in [5, 5.41) is 3.96. The highest BCUT2D eigenvalue weighted by Crippen LogP contribution is 2.26. The molecule has 0 unspecified atom stereocenters. The Hall–Kier alpha value is -1.89. The molecule has 110 valence electrons. The molecule has 1 aliphatic rings. The third kappa shape index (κ3) is 3.57. The van der Waals surface area contributed by atoms with Gasteiger partial charge in [0.2, 0.25) is 5.91 Å². The summed E-state index contributed by atoms with van der Waals surface area (Å²) in [6.07, 6.45) is 3.53. The van der Waals surface area contributed by atoms with E-state index in [1.165, 1.54) is 12.3 Å². The van der Waals surface area contributed by atoms with Gasteiger partial charge in [-0.15, -0.1) is 0 Å². The van der Waals surface area contributed by atoms with Crippen LogP contribution in [0.25, 0.3) is 0 Å². The molecule has 1 saturated carbocycles. The van der Waals surface area contributed by atoms with E-state index in [2.05, 4.69) is 5.10 Å². The van der Waals surface area contributed by atoms with Crippen LogP contribution < -0.4 is 16.0 Å². The van der Waals surface area contributed by atoms with Gasteiger partial charge in [0, 0.05) is 25.2 Å². The van der Waals surface area contributed by atoms with Crippen LogP contribution in [-0.2, 0) is 11.3 Å². The summed E-state index contributed by atoms with van der Waals surface area (Å²) in [6.45, 7) is 3.27. The number of nitrogens with zero attached hydrogens (tertiary/aromatic N) is 3. The van der Waals surface area contributed by atoms with Gasteiger partial charge < -0.3 is 15.4 Å². The van der Waals surface area contributed by atoms with E-state index in [1.807, 2.05) is 6.92 Å². The normalized spacial score (nSPS) is 14.1. The fraction of sp³-hybridized carbons (Fsp3) is 0.615. The third-order valence-corrected chi connectivity index (χ3v) is 3.16. The molecule has 0 bridgehead atoms. The van der Waals surface area contributed by atoms with Crippen molar-refractivity contribution in [1.82, 2.24) is 14.7 Å². The zero-order valence-corrected chi connectivity index (χ0v) is 11.6. The summed E-state index contributed by atoms with van der Waals surface area (Å²) < 4.78 is 6.37. The Bertz CT molecular complexity index is 525. The number of nitrogens with two attached hydrogens (primary N) is 1. The van der Waals surface area contributed by atoms with E-state index in [0.29, 0.717) is 31.5 Å². The fourth-order valence-electron chi connectivity index (χ4n) is 2.03. The van der Waals surface area contributed by atoms with Crippen molar-refractivity contribution in [3.05, 3.63) is 22.6 Å². The zero-order valence-electron chi connectivity index (χ0n) is 11.6. The van der Waals surface area contributed by atoms with Gasteiger partial charge in [0.15, 0.2) is 0 Å². The van der Waals surface area contributed by atoms with Crippen LogP contribution in [0.15, 0.2) is 17.1 Å². The monoisotopic (exact) mass is 280 g/mol. The van der Waals surface area contributed by atoms with Crippen LogP contribution in [0, 0.1) is 0 Å². The molecule has 1 aromatic rings. The highest BCUT2D eigenvalue weighted by atomic mass is 16.5. The highest BCUT2D eigenvalue weighted by Gasteiger charge is 2.31. The first-order chi connectivity index (χ1) is 9.65. The molecule has 7 nitrogen and oxygen atoms in total. The minimum Gasteiger partial charge on any atom is -0.490 e. The van der Waals surface area contributed by atoms with Gasteiger partial charge >= 0.3 is 0 Å². The lowest BCUT2D eigenvalue weighted by atomic mass is 10.4. The molecule has 1 fully saturated rings. The Morgan fingerprint density at radius 2 is 2.35 bits per heavy atom. The molecule has 0 radical (unpaired) electrons. The minimum atomic E-state index is -0.347. The predicted molar refractivity (Wildman–Crippen MR) is 73.5 cm³/mol. The van der Waals surface area contributed by atoms with Gasteiger partial charge in [-0.05, 0) is 19.8 Å². The predicted octanol–water partition coefficient (Wildman–Crippen LogP) is -0.408. The largest absolute Gasteiger partial charge is 0.490 e. The lowest BCUT2D eigenvalue weighted by Gasteiger charge is -2.20. The molecule has 1 heterocycles. The smallest absolute Gasteiger partial charge is 0.270 e. The van der Waals surface area contributed by atoms with Gasteiger partial charge in [-0.3, -0.25) is 9.59 Å². The summed E-state index contributed by atoms with van der Waals surface area (Å²) in [6, 6.07) is 1.67. The van der Waals surface area contributed by atoms with Crippen molar-refractivity contribution in [2.24, 2.45) is 5.73 Å². The summed E-state index contributed by atoms with van der Waals surface area (Å²) >= 11 is 0. The molecule has 2 N–H and O–H groups in total. The molecule has 2 rings (SSSR count). The topological polar surface area (TPSA) is 90.4 Å². The van der Waals surface area contributed by atoms with Crippen molar-refractivity contribution < 1.29 is 9.53 Å². The summed E-state index contributed by atoms with van der Waals surface area (Å²) in [5.41, 5.74) is 4.97. The van der Waals surface area contributed by atoms with E-state index >= 15 is 0 Å². The van der Waals surface area contributed by atoms with Crippen LogP contribution >= 0.6 is 0 Å². The third-order valence-electron chi connectivity index (χ3n) is 3.16. The van der Waals surface area contributed by atoms with Crippen LogP contribution in [-0.4, -0.2) is 46.3 Å². The van der Waals surface area contributed by atoms with E-state index in [4.69, 9.17) is 10.5 Å². The number of ether oxygens (including phenoxy) is 1. The average molecular weight is 280 g/mol. The average Bonchev–Trinajstić information content (AvgIpc) is 3.24. The molecular weight excluding hydrogens is 260 g/mol. The second-order valence-corrected chi connectivity index (χ2v) is 4.74. The Morgan fingerprint density at radius 1 is 1.60 bits per heavy atom. The number of likely N-dealkylation sites (N-methyl/N-ethyl adjacent to an activating group) is 1. The van der Waals surface area contributed by atoms with Crippen molar-refractivity contribution in [2.45, 2.75) is 32.4 Å². The maximum atomic E-state index is 12.1. The van der Waals surface area contributed by atoms with Gasteiger partial charge in [0.05, 0.1) is 6.20 Å². The van der Waals surface area contributed by atoms with Crippen molar-refractivity contribution >= 4 is 5.91 Å². The van der Waals surface area contributed by atoms with Gasteiger partial charge in [-0.2, -0.15) is 5.10 Å². The van der Waals surface area contributed by atoms with E-state index in [-0.39, 0.29) is 18.0 Å². The Labute approximate surface area is 117 Å². The molecule has 1 amide bonds. The maximum absolute atomic E-state index is 12.1. The number of hydrogen-bond acceptors (Lipinski definition) is 5. The van der Waals surface area contributed by atoms with Crippen LogP contribution in [0.4, 0.5) is 0 Å². The Morgan fingerprint density at radius 3 is 2.90 bits per heavy atom. The molecule has 20 heavy (non-hydrogen) atoms. The first-order valence-electron chi connectivity index (χ1n) is 6.85. The minimum absolute atomic E-state index is 0.0274. The number of hydrogen-bond donors (Lipinski definition) is 1. The first-order valence-corrected chi connectivity index (χ1v) is 6.85. The molecule has 0 spiro atoms. The first kappa shape index (κ1) is 14.5.